The summed E-state index contributed by atoms with van der Waals surface area (Å²) in [6, 6.07) is 0.668. The average Bonchev–Trinajstić information content (AvgIpc) is 2.33. The van der Waals surface area contributed by atoms with Gasteiger partial charge in [-0.3, -0.25) is 4.90 Å². The van der Waals surface area contributed by atoms with Gasteiger partial charge in [-0.25, -0.2) is 0 Å². The van der Waals surface area contributed by atoms with Crippen molar-refractivity contribution in [2.24, 2.45) is 17.4 Å². The van der Waals surface area contributed by atoms with Crippen LogP contribution in [0.1, 0.15) is 32.1 Å². The molecule has 0 bridgehead atoms. The monoisotopic (exact) mass is 241 g/mol. The van der Waals surface area contributed by atoms with Crippen molar-refractivity contribution in [3.63, 3.8) is 0 Å². The molecule has 17 heavy (non-hydrogen) atoms. The molecule has 1 aliphatic carbocycles. The van der Waals surface area contributed by atoms with Gasteiger partial charge in [0.25, 0.3) is 0 Å². The summed E-state index contributed by atoms with van der Waals surface area (Å²) < 4.78 is 5.35. The summed E-state index contributed by atoms with van der Waals surface area (Å²) >= 11 is 0. The van der Waals surface area contributed by atoms with Crippen LogP contribution in [0.4, 0.5) is 0 Å². The van der Waals surface area contributed by atoms with Crippen LogP contribution in [0.5, 0.6) is 0 Å². The van der Waals surface area contributed by atoms with Crippen LogP contribution in [0, 0.1) is 5.92 Å². The minimum Gasteiger partial charge on any atom is -0.379 e. The normalized spacial score (nSPS) is 33.5. The lowest BCUT2D eigenvalue weighted by atomic mass is 9.81. The second-order valence-electron chi connectivity index (χ2n) is 5.62. The predicted octanol–water partition coefficient (Wildman–Crippen LogP) is 0.554. The van der Waals surface area contributed by atoms with E-state index in [9.17, 15) is 0 Å². The summed E-state index contributed by atoms with van der Waals surface area (Å²) in [4.78, 5) is 2.42. The zero-order valence-electron chi connectivity index (χ0n) is 10.8. The maximum atomic E-state index is 6.26. The maximum absolute atomic E-state index is 6.26. The van der Waals surface area contributed by atoms with E-state index in [1.54, 1.807) is 0 Å². The molecule has 1 aliphatic heterocycles. The number of rotatable bonds is 4. The molecule has 1 saturated heterocycles. The zero-order chi connectivity index (χ0) is 12.1. The van der Waals surface area contributed by atoms with Gasteiger partial charge >= 0.3 is 0 Å². The van der Waals surface area contributed by atoms with E-state index < -0.39 is 0 Å². The Labute approximate surface area is 105 Å². The van der Waals surface area contributed by atoms with Gasteiger partial charge < -0.3 is 16.2 Å². The molecule has 0 amide bonds. The number of morpholine rings is 1. The van der Waals surface area contributed by atoms with Crippen LogP contribution in [0.25, 0.3) is 0 Å². The summed E-state index contributed by atoms with van der Waals surface area (Å²) in [6.07, 6.45) is 6.20. The van der Waals surface area contributed by atoms with Crippen molar-refractivity contribution in [1.82, 2.24) is 4.90 Å². The SMILES string of the molecule is NC(C[C@@H]1CCCC[C@@H]1N)CN1CCOCC1. The van der Waals surface area contributed by atoms with Gasteiger partial charge in [0.05, 0.1) is 13.2 Å². The third-order valence-electron chi connectivity index (χ3n) is 4.17. The van der Waals surface area contributed by atoms with E-state index in [-0.39, 0.29) is 6.04 Å². The highest BCUT2D eigenvalue weighted by Crippen LogP contribution is 2.26. The third-order valence-corrected chi connectivity index (χ3v) is 4.17. The fourth-order valence-corrected chi connectivity index (χ4v) is 3.11. The summed E-state index contributed by atoms with van der Waals surface area (Å²) in [5, 5.41) is 0. The first-order chi connectivity index (χ1) is 8.25. The Morgan fingerprint density at radius 1 is 1.18 bits per heavy atom. The van der Waals surface area contributed by atoms with Crippen molar-refractivity contribution >= 4 is 0 Å². The highest BCUT2D eigenvalue weighted by Gasteiger charge is 2.24. The van der Waals surface area contributed by atoms with E-state index in [0.717, 1.165) is 39.3 Å². The molecule has 2 rings (SSSR count). The van der Waals surface area contributed by atoms with Crippen LogP contribution >= 0.6 is 0 Å². The molecule has 4 nitrogen and oxygen atoms in total. The first-order valence-electron chi connectivity index (χ1n) is 7.07. The standard InChI is InChI=1S/C13H27N3O/c14-12(10-16-5-7-17-8-6-16)9-11-3-1-2-4-13(11)15/h11-13H,1-10,14-15H2/t11-,12?,13-/m0/s1. The van der Waals surface area contributed by atoms with Crippen LogP contribution in [-0.2, 0) is 4.74 Å². The van der Waals surface area contributed by atoms with Gasteiger partial charge in [-0.2, -0.15) is 0 Å². The molecule has 0 aromatic rings. The van der Waals surface area contributed by atoms with Crippen LogP contribution in [0.15, 0.2) is 0 Å². The number of hydrogen-bond donors (Lipinski definition) is 2. The smallest absolute Gasteiger partial charge is 0.0594 e. The summed E-state index contributed by atoms with van der Waals surface area (Å²) in [5.74, 6) is 0.653. The molecular weight excluding hydrogens is 214 g/mol. The van der Waals surface area contributed by atoms with Crippen molar-refractivity contribution in [3.8, 4) is 0 Å². The molecule has 4 heteroatoms. The van der Waals surface area contributed by atoms with Crippen molar-refractivity contribution in [2.45, 2.75) is 44.2 Å². The largest absolute Gasteiger partial charge is 0.379 e. The van der Waals surface area contributed by atoms with Gasteiger partial charge in [0.2, 0.25) is 0 Å². The average molecular weight is 241 g/mol. The molecular formula is C13H27N3O. The van der Waals surface area contributed by atoms with E-state index in [2.05, 4.69) is 4.90 Å². The number of hydrogen-bond acceptors (Lipinski definition) is 4. The Morgan fingerprint density at radius 3 is 2.59 bits per heavy atom. The van der Waals surface area contributed by atoms with Crippen LogP contribution in [0.3, 0.4) is 0 Å². The van der Waals surface area contributed by atoms with Gasteiger partial charge in [-0.1, -0.05) is 12.8 Å². The Kier molecular flexibility index (Phi) is 5.22. The molecule has 1 unspecified atom stereocenters. The molecule has 1 heterocycles. The Balaban J connectivity index is 1.70. The first kappa shape index (κ1) is 13.3. The van der Waals surface area contributed by atoms with E-state index >= 15 is 0 Å². The van der Waals surface area contributed by atoms with Gasteiger partial charge in [0.1, 0.15) is 0 Å². The van der Waals surface area contributed by atoms with Gasteiger partial charge in [-0.05, 0) is 25.2 Å². The van der Waals surface area contributed by atoms with Crippen LogP contribution in [-0.4, -0.2) is 49.8 Å². The molecule has 0 spiro atoms. The van der Waals surface area contributed by atoms with E-state index in [4.69, 9.17) is 16.2 Å². The number of nitrogens with zero attached hydrogens (tertiary/aromatic N) is 1. The second kappa shape index (κ2) is 6.69. The summed E-state index contributed by atoms with van der Waals surface area (Å²) in [6.45, 7) is 4.78. The fraction of sp³-hybridized carbons (Fsp3) is 1.00. The minimum absolute atomic E-state index is 0.280. The van der Waals surface area contributed by atoms with E-state index in [1.165, 1.54) is 25.7 Å². The molecule has 0 radical (unpaired) electrons. The molecule has 0 aromatic heterocycles. The molecule has 3 atom stereocenters. The first-order valence-corrected chi connectivity index (χ1v) is 7.07. The summed E-state index contributed by atoms with van der Waals surface area (Å²) in [7, 11) is 0. The number of ether oxygens (including phenoxy) is 1. The topological polar surface area (TPSA) is 64.5 Å². The van der Waals surface area contributed by atoms with Crippen molar-refractivity contribution in [1.29, 1.82) is 0 Å². The zero-order valence-corrected chi connectivity index (χ0v) is 10.8. The minimum atomic E-state index is 0.280. The molecule has 100 valence electrons. The number of nitrogens with two attached hydrogens (primary N) is 2. The third kappa shape index (κ3) is 4.21. The Bertz CT molecular complexity index is 219. The Hall–Kier alpha value is -0.160. The molecule has 2 fully saturated rings. The van der Waals surface area contributed by atoms with E-state index in [1.807, 2.05) is 0 Å². The van der Waals surface area contributed by atoms with Crippen molar-refractivity contribution < 1.29 is 4.74 Å². The molecule has 0 aromatic carbocycles. The fourth-order valence-electron chi connectivity index (χ4n) is 3.11. The van der Waals surface area contributed by atoms with Gasteiger partial charge in [0.15, 0.2) is 0 Å². The highest BCUT2D eigenvalue weighted by atomic mass is 16.5. The van der Waals surface area contributed by atoms with Gasteiger partial charge in [0, 0.05) is 31.7 Å². The lowest BCUT2D eigenvalue weighted by molar-refractivity contribution is 0.0338. The summed E-state index contributed by atoms with van der Waals surface area (Å²) in [5.41, 5.74) is 12.4. The maximum Gasteiger partial charge on any atom is 0.0594 e. The van der Waals surface area contributed by atoms with Crippen LogP contribution < -0.4 is 11.5 Å². The second-order valence-corrected chi connectivity index (χ2v) is 5.62. The quantitative estimate of drug-likeness (QED) is 0.754. The predicted molar refractivity (Wildman–Crippen MR) is 69.8 cm³/mol. The van der Waals surface area contributed by atoms with Gasteiger partial charge in [-0.15, -0.1) is 0 Å². The highest BCUT2D eigenvalue weighted by molar-refractivity contribution is 4.82. The van der Waals surface area contributed by atoms with Crippen molar-refractivity contribution in [3.05, 3.63) is 0 Å². The lowest BCUT2D eigenvalue weighted by Gasteiger charge is -2.33. The lowest BCUT2D eigenvalue weighted by Crippen LogP contribution is -2.46. The molecule has 4 N–H and O–H groups in total. The molecule has 2 aliphatic rings. The van der Waals surface area contributed by atoms with E-state index in [0.29, 0.717) is 12.0 Å². The Morgan fingerprint density at radius 2 is 1.88 bits per heavy atom. The van der Waals surface area contributed by atoms with Crippen LogP contribution in [0.2, 0.25) is 0 Å². The van der Waals surface area contributed by atoms with Crippen molar-refractivity contribution in [2.75, 3.05) is 32.8 Å². The molecule has 1 saturated carbocycles.